The second-order valence-corrected chi connectivity index (χ2v) is 5.91. The second kappa shape index (κ2) is 7.17. The van der Waals surface area contributed by atoms with Gasteiger partial charge in [-0.2, -0.15) is 4.98 Å². The smallest absolute Gasteiger partial charge is 0.248 e. The van der Waals surface area contributed by atoms with E-state index < -0.39 is 5.91 Å². The Morgan fingerprint density at radius 1 is 1.00 bits per heavy atom. The summed E-state index contributed by atoms with van der Waals surface area (Å²) in [7, 11) is 0. The molecule has 0 radical (unpaired) electrons. The van der Waals surface area contributed by atoms with Crippen LogP contribution in [-0.4, -0.2) is 15.9 Å². The van der Waals surface area contributed by atoms with E-state index in [0.717, 1.165) is 22.4 Å². The van der Waals surface area contributed by atoms with E-state index in [0.29, 0.717) is 23.9 Å². The molecule has 0 fully saturated rings. The highest BCUT2D eigenvalue weighted by atomic mass is 16.3. The second-order valence-electron chi connectivity index (χ2n) is 5.91. The molecule has 0 aliphatic carbocycles. The number of para-hydroxylation sites is 1. The van der Waals surface area contributed by atoms with Gasteiger partial charge in [0, 0.05) is 16.6 Å². The normalized spacial score (nSPS) is 10.7. The van der Waals surface area contributed by atoms with Gasteiger partial charge in [-0.25, -0.2) is 4.98 Å². The number of primary amides is 1. The van der Waals surface area contributed by atoms with Crippen LogP contribution in [0.25, 0.3) is 10.9 Å². The number of nitrogens with two attached hydrogens (primary N) is 1. The molecule has 0 spiro atoms. The maximum atomic E-state index is 11.2. The molecular weight excluding hydrogens is 342 g/mol. The molecule has 134 valence electrons. The molecular formula is C20H17N5O2. The lowest BCUT2D eigenvalue weighted by molar-refractivity contribution is 0.100. The van der Waals surface area contributed by atoms with E-state index in [2.05, 4.69) is 20.6 Å². The van der Waals surface area contributed by atoms with Crippen LogP contribution in [0.3, 0.4) is 0 Å². The number of rotatable bonds is 6. The number of hydrogen-bond donors (Lipinski definition) is 3. The fourth-order valence-corrected chi connectivity index (χ4v) is 2.70. The van der Waals surface area contributed by atoms with E-state index in [1.54, 1.807) is 30.5 Å². The first kappa shape index (κ1) is 16.6. The Morgan fingerprint density at radius 3 is 2.56 bits per heavy atom. The Labute approximate surface area is 155 Å². The number of aromatic nitrogens is 2. The van der Waals surface area contributed by atoms with Crippen LogP contribution in [0.4, 0.5) is 17.5 Å². The molecule has 2 aromatic carbocycles. The summed E-state index contributed by atoms with van der Waals surface area (Å²) in [6.07, 6.45) is 1.64. The first-order valence-electron chi connectivity index (χ1n) is 8.39. The minimum Gasteiger partial charge on any atom is -0.467 e. The summed E-state index contributed by atoms with van der Waals surface area (Å²) < 4.78 is 5.36. The number of amides is 1. The van der Waals surface area contributed by atoms with Crippen molar-refractivity contribution in [2.75, 3.05) is 10.6 Å². The molecule has 2 heterocycles. The van der Waals surface area contributed by atoms with E-state index in [-0.39, 0.29) is 0 Å². The Kier molecular flexibility index (Phi) is 4.40. The van der Waals surface area contributed by atoms with E-state index >= 15 is 0 Å². The Hall–Kier alpha value is -3.87. The van der Waals surface area contributed by atoms with Crippen molar-refractivity contribution in [3.63, 3.8) is 0 Å². The van der Waals surface area contributed by atoms with Crippen molar-refractivity contribution >= 4 is 34.3 Å². The number of furan rings is 1. The van der Waals surface area contributed by atoms with Gasteiger partial charge in [0.05, 0.1) is 18.3 Å². The van der Waals surface area contributed by atoms with Gasteiger partial charge < -0.3 is 20.8 Å². The lowest BCUT2D eigenvalue weighted by atomic mass is 10.2. The maximum absolute atomic E-state index is 11.2. The molecule has 1 amide bonds. The van der Waals surface area contributed by atoms with Crippen molar-refractivity contribution in [2.45, 2.75) is 6.54 Å². The van der Waals surface area contributed by atoms with Crippen molar-refractivity contribution < 1.29 is 9.21 Å². The van der Waals surface area contributed by atoms with Crippen LogP contribution in [0.1, 0.15) is 16.1 Å². The van der Waals surface area contributed by atoms with Crippen LogP contribution in [0, 0.1) is 0 Å². The Balaban J connectivity index is 1.63. The lowest BCUT2D eigenvalue weighted by Crippen LogP contribution is -2.10. The molecule has 0 saturated heterocycles. The van der Waals surface area contributed by atoms with Crippen LogP contribution in [0.15, 0.2) is 71.3 Å². The third kappa shape index (κ3) is 3.72. The fraction of sp³-hybridized carbons (Fsp3) is 0.0500. The molecule has 0 atom stereocenters. The topological polar surface area (TPSA) is 106 Å². The minimum atomic E-state index is -0.465. The van der Waals surface area contributed by atoms with E-state index in [4.69, 9.17) is 10.2 Å². The first-order chi connectivity index (χ1) is 13.2. The van der Waals surface area contributed by atoms with Crippen LogP contribution >= 0.6 is 0 Å². The molecule has 0 unspecified atom stereocenters. The van der Waals surface area contributed by atoms with Gasteiger partial charge in [0.2, 0.25) is 11.9 Å². The molecule has 0 saturated carbocycles. The van der Waals surface area contributed by atoms with Crippen molar-refractivity contribution in [1.82, 2.24) is 9.97 Å². The first-order valence-corrected chi connectivity index (χ1v) is 8.39. The summed E-state index contributed by atoms with van der Waals surface area (Å²) >= 11 is 0. The summed E-state index contributed by atoms with van der Waals surface area (Å²) in [6.45, 7) is 0.515. The SMILES string of the molecule is NC(=O)c1ccc(Nc2nc(NCc3ccco3)c3ccccc3n2)cc1. The lowest BCUT2D eigenvalue weighted by Gasteiger charge is -2.11. The summed E-state index contributed by atoms with van der Waals surface area (Å²) in [6, 6.07) is 18.3. The van der Waals surface area contributed by atoms with Crippen molar-refractivity contribution in [3.05, 3.63) is 78.3 Å². The number of benzene rings is 2. The van der Waals surface area contributed by atoms with Crippen molar-refractivity contribution in [2.24, 2.45) is 5.73 Å². The summed E-state index contributed by atoms with van der Waals surface area (Å²) in [5, 5.41) is 7.37. The number of anilines is 3. The molecule has 4 rings (SSSR count). The highest BCUT2D eigenvalue weighted by molar-refractivity contribution is 5.93. The third-order valence-corrected chi connectivity index (χ3v) is 4.04. The van der Waals surface area contributed by atoms with E-state index in [1.807, 2.05) is 36.4 Å². The minimum absolute atomic E-state index is 0.445. The zero-order valence-electron chi connectivity index (χ0n) is 14.3. The number of nitrogens with zero attached hydrogens (tertiary/aromatic N) is 2. The van der Waals surface area contributed by atoms with E-state index in [1.165, 1.54) is 0 Å². The van der Waals surface area contributed by atoms with E-state index in [9.17, 15) is 4.79 Å². The Bertz CT molecular complexity index is 1080. The predicted molar refractivity (Wildman–Crippen MR) is 104 cm³/mol. The molecule has 2 aromatic heterocycles. The highest BCUT2D eigenvalue weighted by Gasteiger charge is 2.09. The summed E-state index contributed by atoms with van der Waals surface area (Å²) in [5.74, 6) is 1.50. The van der Waals surface area contributed by atoms with Gasteiger partial charge in [-0.05, 0) is 48.5 Å². The quantitative estimate of drug-likeness (QED) is 0.485. The van der Waals surface area contributed by atoms with Gasteiger partial charge in [-0.1, -0.05) is 12.1 Å². The van der Waals surface area contributed by atoms with Gasteiger partial charge in [-0.15, -0.1) is 0 Å². The molecule has 7 nitrogen and oxygen atoms in total. The van der Waals surface area contributed by atoms with Crippen LogP contribution in [0.5, 0.6) is 0 Å². The summed E-state index contributed by atoms with van der Waals surface area (Å²) in [4.78, 5) is 20.3. The van der Waals surface area contributed by atoms with Crippen LogP contribution in [0.2, 0.25) is 0 Å². The molecule has 0 aliphatic heterocycles. The molecule has 0 aliphatic rings. The number of carbonyl (C=O) groups excluding carboxylic acids is 1. The third-order valence-electron chi connectivity index (χ3n) is 4.04. The average Bonchev–Trinajstić information content (AvgIpc) is 3.20. The van der Waals surface area contributed by atoms with Crippen LogP contribution in [-0.2, 0) is 6.54 Å². The molecule has 7 heteroatoms. The monoisotopic (exact) mass is 359 g/mol. The number of nitrogens with one attached hydrogen (secondary N) is 2. The van der Waals surface area contributed by atoms with Gasteiger partial charge in [0.15, 0.2) is 0 Å². The van der Waals surface area contributed by atoms with Gasteiger partial charge in [0.25, 0.3) is 0 Å². The highest BCUT2D eigenvalue weighted by Crippen LogP contribution is 2.24. The van der Waals surface area contributed by atoms with Gasteiger partial charge >= 0.3 is 0 Å². The predicted octanol–water partition coefficient (Wildman–Crippen LogP) is 3.68. The average molecular weight is 359 g/mol. The van der Waals surface area contributed by atoms with Crippen LogP contribution < -0.4 is 16.4 Å². The number of hydrogen-bond acceptors (Lipinski definition) is 6. The zero-order chi connectivity index (χ0) is 18.6. The van der Waals surface area contributed by atoms with Crippen molar-refractivity contribution in [1.29, 1.82) is 0 Å². The number of fused-ring (bicyclic) bond motifs is 1. The molecule has 4 N–H and O–H groups in total. The number of carbonyl (C=O) groups is 1. The van der Waals surface area contributed by atoms with Gasteiger partial charge in [0.1, 0.15) is 11.6 Å². The summed E-state index contributed by atoms with van der Waals surface area (Å²) in [5.41, 5.74) is 7.28. The molecule has 27 heavy (non-hydrogen) atoms. The van der Waals surface area contributed by atoms with Gasteiger partial charge in [-0.3, -0.25) is 4.79 Å². The maximum Gasteiger partial charge on any atom is 0.248 e. The molecule has 4 aromatic rings. The largest absolute Gasteiger partial charge is 0.467 e. The fourth-order valence-electron chi connectivity index (χ4n) is 2.70. The Morgan fingerprint density at radius 2 is 1.81 bits per heavy atom. The molecule has 0 bridgehead atoms. The zero-order valence-corrected chi connectivity index (χ0v) is 14.3. The standard InChI is InChI=1S/C20H17N5O2/c21-18(26)13-7-9-14(10-8-13)23-20-24-17-6-2-1-5-16(17)19(25-20)22-12-15-4-3-11-27-15/h1-11H,12H2,(H2,21,26)(H2,22,23,24,25). The van der Waals surface area contributed by atoms with Crippen molar-refractivity contribution in [3.8, 4) is 0 Å².